The van der Waals surface area contributed by atoms with E-state index in [-0.39, 0.29) is 12.6 Å². The third kappa shape index (κ3) is 5.01. The number of ether oxygens (including phenoxy) is 2. The first kappa shape index (κ1) is 10.7. The summed E-state index contributed by atoms with van der Waals surface area (Å²) in [5.74, 6) is -0.378. The number of halogens is 1. The number of esters is 1. The van der Waals surface area contributed by atoms with Crippen molar-refractivity contribution in [3.8, 4) is 0 Å². The smallest absolute Gasteiger partial charge is 0.324 e. The minimum absolute atomic E-state index is 0.262. The van der Waals surface area contributed by atoms with Crippen LogP contribution in [0.5, 0.6) is 0 Å². The molecular formula is C6H12ClNO3. The van der Waals surface area contributed by atoms with Crippen molar-refractivity contribution >= 4 is 17.7 Å². The quantitative estimate of drug-likeness (QED) is 0.377. The number of hydrogen-bond acceptors (Lipinski definition) is 4. The van der Waals surface area contributed by atoms with Crippen LogP contribution in [0.4, 0.5) is 0 Å². The van der Waals surface area contributed by atoms with Gasteiger partial charge in [0.25, 0.3) is 0 Å². The molecule has 0 rings (SSSR count). The van der Waals surface area contributed by atoms with E-state index in [1.165, 1.54) is 7.11 Å². The second-order valence-electron chi connectivity index (χ2n) is 1.99. The largest absolute Gasteiger partial charge is 0.462 e. The van der Waals surface area contributed by atoms with Gasteiger partial charge in [-0.2, -0.15) is 0 Å². The van der Waals surface area contributed by atoms with E-state index >= 15 is 0 Å². The molecule has 0 fully saturated rings. The highest BCUT2D eigenvalue weighted by Crippen LogP contribution is 1.88. The van der Waals surface area contributed by atoms with Gasteiger partial charge in [-0.1, -0.05) is 0 Å². The lowest BCUT2D eigenvalue weighted by Crippen LogP contribution is -2.30. The van der Waals surface area contributed by atoms with Gasteiger partial charge in [0.2, 0.25) is 0 Å². The van der Waals surface area contributed by atoms with Crippen LogP contribution in [0.15, 0.2) is 0 Å². The van der Waals surface area contributed by atoms with E-state index in [4.69, 9.17) is 16.5 Å². The molecule has 11 heavy (non-hydrogen) atoms. The number of hydrogen-bond donors (Lipinski definition) is 1. The average Bonchev–Trinajstić information content (AvgIpc) is 2.03. The molecule has 0 amide bonds. The lowest BCUT2D eigenvalue weighted by Gasteiger charge is -2.07. The second kappa shape index (κ2) is 6.39. The highest BCUT2D eigenvalue weighted by Gasteiger charge is 2.11. The van der Waals surface area contributed by atoms with E-state index in [1.54, 1.807) is 6.92 Å². The molecule has 0 aliphatic rings. The zero-order chi connectivity index (χ0) is 8.69. The van der Waals surface area contributed by atoms with Gasteiger partial charge in [-0.05, 0) is 18.7 Å². The number of nitrogens with one attached hydrogen (secondary N) is 1. The molecule has 66 valence electrons. The monoisotopic (exact) mass is 181 g/mol. The average molecular weight is 182 g/mol. The molecule has 0 bridgehead atoms. The van der Waals surface area contributed by atoms with E-state index in [9.17, 15) is 4.79 Å². The van der Waals surface area contributed by atoms with Gasteiger partial charge in [0.1, 0.15) is 12.6 Å². The van der Waals surface area contributed by atoms with E-state index in [0.29, 0.717) is 6.61 Å². The molecule has 0 radical (unpaired) electrons. The molecule has 0 spiro atoms. The Balaban J connectivity index is 3.36. The number of carbonyl (C=O) groups excluding carboxylic acids is 1. The van der Waals surface area contributed by atoms with Crippen molar-refractivity contribution in [3.63, 3.8) is 0 Å². The minimum atomic E-state index is -0.478. The zero-order valence-electron chi connectivity index (χ0n) is 6.59. The van der Waals surface area contributed by atoms with Gasteiger partial charge in [0.05, 0.1) is 6.61 Å². The molecule has 1 N–H and O–H groups in total. The normalized spacial score (nSPS) is 12.6. The predicted molar refractivity (Wildman–Crippen MR) is 41.3 cm³/mol. The molecule has 0 unspecified atom stereocenters. The summed E-state index contributed by atoms with van der Waals surface area (Å²) in [5, 5.41) is 0. The lowest BCUT2D eigenvalue weighted by molar-refractivity contribution is -0.146. The fraction of sp³-hybridized carbons (Fsp3) is 0.833. The number of rotatable bonds is 5. The highest BCUT2D eigenvalue weighted by atomic mass is 35.5. The summed E-state index contributed by atoms with van der Waals surface area (Å²) in [6.45, 7) is 2.28. The van der Waals surface area contributed by atoms with Crippen LogP contribution in [0.2, 0.25) is 0 Å². The summed E-state index contributed by atoms with van der Waals surface area (Å²) in [6.07, 6.45) is 0. The highest BCUT2D eigenvalue weighted by molar-refractivity contribution is 6.14. The third-order valence-electron chi connectivity index (χ3n) is 1.05. The van der Waals surface area contributed by atoms with Crippen LogP contribution in [0.1, 0.15) is 6.92 Å². The van der Waals surface area contributed by atoms with Gasteiger partial charge < -0.3 is 9.47 Å². The number of methoxy groups -OCH3 is 1. The first-order valence-electron chi connectivity index (χ1n) is 3.24. The van der Waals surface area contributed by atoms with Crippen LogP contribution in [-0.2, 0) is 14.3 Å². The van der Waals surface area contributed by atoms with Crippen LogP contribution in [0.3, 0.4) is 0 Å². The molecule has 0 heterocycles. The fourth-order valence-electron chi connectivity index (χ4n) is 0.395. The molecule has 0 aromatic rings. The van der Waals surface area contributed by atoms with Crippen molar-refractivity contribution in [2.75, 3.05) is 20.3 Å². The first-order valence-corrected chi connectivity index (χ1v) is 3.62. The third-order valence-corrected chi connectivity index (χ3v) is 1.38. The van der Waals surface area contributed by atoms with Gasteiger partial charge in [0.15, 0.2) is 0 Å². The first-order chi connectivity index (χ1) is 5.22. The Morgan fingerprint density at radius 3 is 2.73 bits per heavy atom. The SMILES string of the molecule is COCCOC(=O)[C@H](C)NCl. The van der Waals surface area contributed by atoms with Crippen molar-refractivity contribution < 1.29 is 14.3 Å². The van der Waals surface area contributed by atoms with Crippen molar-refractivity contribution in [2.45, 2.75) is 13.0 Å². The molecule has 4 nitrogen and oxygen atoms in total. The molecule has 5 heteroatoms. The van der Waals surface area contributed by atoms with E-state index in [2.05, 4.69) is 9.57 Å². The maximum absolute atomic E-state index is 10.8. The van der Waals surface area contributed by atoms with Gasteiger partial charge in [-0.15, -0.1) is 0 Å². The summed E-state index contributed by atoms with van der Waals surface area (Å²) >= 11 is 5.18. The summed E-state index contributed by atoms with van der Waals surface area (Å²) in [7, 11) is 1.54. The van der Waals surface area contributed by atoms with Crippen LogP contribution in [0, 0.1) is 0 Å². The standard InChI is InChI=1S/C6H12ClNO3/c1-5(8-7)6(9)11-4-3-10-2/h5,8H,3-4H2,1-2H3/t5-/m0/s1. The van der Waals surface area contributed by atoms with Crippen molar-refractivity contribution in [1.29, 1.82) is 0 Å². The predicted octanol–water partition coefficient (Wildman–Crippen LogP) is 0.308. The van der Waals surface area contributed by atoms with E-state index in [1.807, 2.05) is 0 Å². The molecule has 0 saturated carbocycles. The van der Waals surface area contributed by atoms with Crippen molar-refractivity contribution in [2.24, 2.45) is 0 Å². The Morgan fingerprint density at radius 2 is 2.27 bits per heavy atom. The Bertz CT molecular complexity index is 120. The minimum Gasteiger partial charge on any atom is -0.462 e. The molecule has 0 saturated heterocycles. The topological polar surface area (TPSA) is 47.6 Å². The zero-order valence-corrected chi connectivity index (χ0v) is 7.35. The van der Waals surface area contributed by atoms with E-state index in [0.717, 1.165) is 0 Å². The Morgan fingerprint density at radius 1 is 1.64 bits per heavy atom. The maximum atomic E-state index is 10.8. The van der Waals surface area contributed by atoms with E-state index < -0.39 is 6.04 Å². The second-order valence-corrected chi connectivity index (χ2v) is 2.21. The van der Waals surface area contributed by atoms with Gasteiger partial charge in [0, 0.05) is 7.11 Å². The van der Waals surface area contributed by atoms with Crippen LogP contribution in [-0.4, -0.2) is 32.3 Å². The van der Waals surface area contributed by atoms with Crippen LogP contribution in [0.25, 0.3) is 0 Å². The molecule has 0 aromatic carbocycles. The Labute approximate surface area is 70.9 Å². The Hall–Kier alpha value is -0.320. The maximum Gasteiger partial charge on any atom is 0.324 e. The fourth-order valence-corrected chi connectivity index (χ4v) is 0.484. The summed E-state index contributed by atoms with van der Waals surface area (Å²) < 4.78 is 9.40. The van der Waals surface area contributed by atoms with Crippen LogP contribution >= 0.6 is 11.8 Å². The summed E-state index contributed by atoms with van der Waals surface area (Å²) in [5.41, 5.74) is 0. The van der Waals surface area contributed by atoms with Crippen molar-refractivity contribution in [3.05, 3.63) is 0 Å². The lowest BCUT2D eigenvalue weighted by atomic mass is 10.4. The molecular weight excluding hydrogens is 170 g/mol. The van der Waals surface area contributed by atoms with Gasteiger partial charge in [-0.25, -0.2) is 4.84 Å². The van der Waals surface area contributed by atoms with Crippen LogP contribution < -0.4 is 4.84 Å². The summed E-state index contributed by atoms with van der Waals surface area (Å²) in [6, 6.07) is -0.478. The Kier molecular flexibility index (Phi) is 6.21. The van der Waals surface area contributed by atoms with Gasteiger partial charge >= 0.3 is 5.97 Å². The molecule has 1 atom stereocenters. The number of carbonyl (C=O) groups is 1. The molecule has 0 aromatic heterocycles. The molecule has 0 aliphatic carbocycles. The van der Waals surface area contributed by atoms with Crippen molar-refractivity contribution in [1.82, 2.24) is 4.84 Å². The van der Waals surface area contributed by atoms with Gasteiger partial charge in [-0.3, -0.25) is 4.79 Å². The molecule has 0 aliphatic heterocycles. The summed E-state index contributed by atoms with van der Waals surface area (Å²) in [4.78, 5) is 13.1.